The van der Waals surface area contributed by atoms with E-state index in [4.69, 9.17) is 28.9 Å². The fourth-order valence-corrected chi connectivity index (χ4v) is 3.31. The Kier molecular flexibility index (Phi) is 4.51. The summed E-state index contributed by atoms with van der Waals surface area (Å²) in [4.78, 5) is 2.39. The molecule has 1 unspecified atom stereocenters. The second-order valence-electron chi connectivity index (χ2n) is 5.50. The Balaban J connectivity index is 1.86. The van der Waals surface area contributed by atoms with Crippen molar-refractivity contribution >= 4 is 23.2 Å². The molecule has 1 aliphatic rings. The molecule has 0 bridgehead atoms. The first-order valence-corrected chi connectivity index (χ1v) is 7.88. The Morgan fingerprint density at radius 1 is 1.10 bits per heavy atom. The molecule has 2 nitrogen and oxygen atoms in total. The molecular weight excluding hydrogens is 303 g/mol. The SMILES string of the molecule is NCC1Cc2ccccc2CN1Cc1cc(Cl)ccc1Cl. The van der Waals surface area contributed by atoms with E-state index in [-0.39, 0.29) is 0 Å². The zero-order valence-corrected chi connectivity index (χ0v) is 13.2. The van der Waals surface area contributed by atoms with Crippen LogP contribution in [0.1, 0.15) is 16.7 Å². The molecule has 0 aromatic heterocycles. The van der Waals surface area contributed by atoms with E-state index in [0.29, 0.717) is 12.6 Å². The van der Waals surface area contributed by atoms with Crippen molar-refractivity contribution in [2.24, 2.45) is 5.73 Å². The molecule has 2 aromatic rings. The van der Waals surface area contributed by atoms with Crippen LogP contribution in [-0.2, 0) is 19.5 Å². The van der Waals surface area contributed by atoms with Gasteiger partial charge in [-0.1, -0.05) is 47.5 Å². The minimum atomic E-state index is 0.343. The van der Waals surface area contributed by atoms with Crippen molar-refractivity contribution in [3.63, 3.8) is 0 Å². The molecule has 1 heterocycles. The maximum atomic E-state index is 6.29. The third kappa shape index (κ3) is 3.24. The van der Waals surface area contributed by atoms with Crippen molar-refractivity contribution < 1.29 is 0 Å². The molecule has 1 aliphatic heterocycles. The molecule has 3 rings (SSSR count). The molecule has 2 N–H and O–H groups in total. The van der Waals surface area contributed by atoms with E-state index in [1.54, 1.807) is 0 Å². The summed E-state index contributed by atoms with van der Waals surface area (Å²) in [6.07, 6.45) is 0.991. The largest absolute Gasteiger partial charge is 0.329 e. The summed E-state index contributed by atoms with van der Waals surface area (Å²) >= 11 is 12.4. The normalized spacial score (nSPS) is 18.5. The highest BCUT2D eigenvalue weighted by Crippen LogP contribution is 2.27. The van der Waals surface area contributed by atoms with Crippen LogP contribution in [0.3, 0.4) is 0 Å². The van der Waals surface area contributed by atoms with Gasteiger partial charge in [-0.05, 0) is 41.3 Å². The first kappa shape index (κ1) is 14.9. The topological polar surface area (TPSA) is 29.3 Å². The lowest BCUT2D eigenvalue weighted by atomic mass is 9.93. The van der Waals surface area contributed by atoms with E-state index in [2.05, 4.69) is 29.2 Å². The van der Waals surface area contributed by atoms with Gasteiger partial charge in [0.05, 0.1) is 0 Å². The Morgan fingerprint density at radius 3 is 2.62 bits per heavy atom. The lowest BCUT2D eigenvalue weighted by molar-refractivity contribution is 0.167. The van der Waals surface area contributed by atoms with Crippen molar-refractivity contribution in [1.82, 2.24) is 4.90 Å². The van der Waals surface area contributed by atoms with Gasteiger partial charge in [-0.2, -0.15) is 0 Å². The summed E-state index contributed by atoms with van der Waals surface area (Å²) in [5.74, 6) is 0. The molecule has 4 heteroatoms. The van der Waals surface area contributed by atoms with Gasteiger partial charge in [0, 0.05) is 35.7 Å². The molecule has 0 radical (unpaired) electrons. The number of fused-ring (bicyclic) bond motifs is 1. The third-order valence-corrected chi connectivity index (χ3v) is 4.72. The second-order valence-corrected chi connectivity index (χ2v) is 6.35. The highest BCUT2D eigenvalue weighted by atomic mass is 35.5. The molecule has 0 spiro atoms. The zero-order valence-electron chi connectivity index (χ0n) is 11.7. The maximum Gasteiger partial charge on any atom is 0.0452 e. The predicted octanol–water partition coefficient (Wildman–Crippen LogP) is 3.88. The predicted molar refractivity (Wildman–Crippen MR) is 88.7 cm³/mol. The summed E-state index contributed by atoms with van der Waals surface area (Å²) in [5, 5.41) is 1.48. The van der Waals surface area contributed by atoms with Gasteiger partial charge in [0.2, 0.25) is 0 Å². The van der Waals surface area contributed by atoms with Gasteiger partial charge >= 0.3 is 0 Å². The van der Waals surface area contributed by atoms with E-state index < -0.39 is 0 Å². The standard InChI is InChI=1S/C17H18Cl2N2/c18-15-5-6-17(19)14(7-15)11-21-10-13-4-2-1-3-12(13)8-16(21)9-20/h1-7,16H,8-11,20H2. The lowest BCUT2D eigenvalue weighted by Crippen LogP contribution is -2.44. The van der Waals surface area contributed by atoms with Crippen molar-refractivity contribution in [1.29, 1.82) is 0 Å². The van der Waals surface area contributed by atoms with Gasteiger partial charge in [0.25, 0.3) is 0 Å². The van der Waals surface area contributed by atoms with Crippen LogP contribution in [0.5, 0.6) is 0 Å². The van der Waals surface area contributed by atoms with Gasteiger partial charge in [0.15, 0.2) is 0 Å². The number of nitrogens with zero attached hydrogens (tertiary/aromatic N) is 1. The summed E-state index contributed by atoms with van der Waals surface area (Å²) in [7, 11) is 0. The molecule has 110 valence electrons. The van der Waals surface area contributed by atoms with Gasteiger partial charge in [0.1, 0.15) is 0 Å². The van der Waals surface area contributed by atoms with Crippen LogP contribution < -0.4 is 5.73 Å². The number of benzene rings is 2. The fraction of sp³-hybridized carbons (Fsp3) is 0.294. The van der Waals surface area contributed by atoms with Crippen LogP contribution in [0, 0.1) is 0 Å². The van der Waals surface area contributed by atoms with Crippen LogP contribution in [0.4, 0.5) is 0 Å². The smallest absolute Gasteiger partial charge is 0.0452 e. The molecule has 0 aliphatic carbocycles. The quantitative estimate of drug-likeness (QED) is 0.929. The fourth-order valence-electron chi connectivity index (χ4n) is 2.94. The molecule has 0 fully saturated rings. The second kappa shape index (κ2) is 6.37. The number of nitrogens with two attached hydrogens (primary N) is 1. The lowest BCUT2D eigenvalue weighted by Gasteiger charge is -2.36. The number of halogens is 2. The Bertz CT molecular complexity index is 642. The van der Waals surface area contributed by atoms with E-state index >= 15 is 0 Å². The van der Waals surface area contributed by atoms with E-state index in [1.807, 2.05) is 18.2 Å². The van der Waals surface area contributed by atoms with Gasteiger partial charge < -0.3 is 5.73 Å². The van der Waals surface area contributed by atoms with Gasteiger partial charge in [-0.3, -0.25) is 4.90 Å². The van der Waals surface area contributed by atoms with Gasteiger partial charge in [-0.25, -0.2) is 0 Å². The summed E-state index contributed by atoms with van der Waals surface area (Å²) in [5.41, 5.74) is 9.81. The molecular formula is C17H18Cl2N2. The summed E-state index contributed by atoms with van der Waals surface area (Å²) in [6, 6.07) is 14.5. The Hall–Kier alpha value is -1.06. The molecule has 21 heavy (non-hydrogen) atoms. The van der Waals surface area contributed by atoms with Gasteiger partial charge in [-0.15, -0.1) is 0 Å². The minimum Gasteiger partial charge on any atom is -0.329 e. The van der Waals surface area contributed by atoms with Crippen LogP contribution in [-0.4, -0.2) is 17.5 Å². The number of hydrogen-bond donors (Lipinski definition) is 1. The van der Waals surface area contributed by atoms with Crippen LogP contribution in [0.15, 0.2) is 42.5 Å². The van der Waals surface area contributed by atoms with Crippen molar-refractivity contribution in [2.45, 2.75) is 25.6 Å². The van der Waals surface area contributed by atoms with Crippen LogP contribution >= 0.6 is 23.2 Å². The molecule has 1 atom stereocenters. The molecule has 0 saturated carbocycles. The molecule has 2 aromatic carbocycles. The average Bonchev–Trinajstić information content (AvgIpc) is 2.50. The third-order valence-electron chi connectivity index (χ3n) is 4.12. The summed E-state index contributed by atoms with van der Waals surface area (Å²) in [6.45, 7) is 2.32. The van der Waals surface area contributed by atoms with Crippen molar-refractivity contribution in [3.05, 3.63) is 69.2 Å². The molecule has 0 amide bonds. The Morgan fingerprint density at radius 2 is 1.86 bits per heavy atom. The summed E-state index contributed by atoms with van der Waals surface area (Å²) < 4.78 is 0. The Labute approximate surface area is 135 Å². The van der Waals surface area contributed by atoms with Crippen LogP contribution in [0.2, 0.25) is 10.0 Å². The minimum absolute atomic E-state index is 0.343. The molecule has 0 saturated heterocycles. The van der Waals surface area contributed by atoms with E-state index in [0.717, 1.165) is 35.1 Å². The highest BCUT2D eigenvalue weighted by molar-refractivity contribution is 6.33. The maximum absolute atomic E-state index is 6.29. The first-order chi connectivity index (χ1) is 10.2. The number of rotatable bonds is 3. The van der Waals surface area contributed by atoms with Crippen molar-refractivity contribution in [3.8, 4) is 0 Å². The van der Waals surface area contributed by atoms with E-state index in [9.17, 15) is 0 Å². The van der Waals surface area contributed by atoms with E-state index in [1.165, 1.54) is 11.1 Å². The monoisotopic (exact) mass is 320 g/mol. The van der Waals surface area contributed by atoms with Crippen LogP contribution in [0.25, 0.3) is 0 Å². The number of hydrogen-bond acceptors (Lipinski definition) is 2. The average molecular weight is 321 g/mol. The first-order valence-electron chi connectivity index (χ1n) is 7.12. The highest BCUT2D eigenvalue weighted by Gasteiger charge is 2.25. The van der Waals surface area contributed by atoms with Crippen molar-refractivity contribution in [2.75, 3.05) is 6.54 Å². The zero-order chi connectivity index (χ0) is 14.8.